The van der Waals surface area contributed by atoms with Gasteiger partial charge in [-0.15, -0.1) is 0 Å². The zero-order valence-electron chi connectivity index (χ0n) is 11.6. The third kappa shape index (κ3) is 3.34. The number of carbonyl (C=O) groups is 1. The number of aryl methyl sites for hydroxylation is 2. The number of hydrogen-bond donors (Lipinski definition) is 2. The van der Waals surface area contributed by atoms with Gasteiger partial charge >= 0.3 is 0 Å². The summed E-state index contributed by atoms with van der Waals surface area (Å²) in [6, 6.07) is 4.19. The molecule has 0 saturated carbocycles. The lowest BCUT2D eigenvalue weighted by Crippen LogP contribution is -2.32. The highest BCUT2D eigenvalue weighted by molar-refractivity contribution is 5.96. The molecule has 0 spiro atoms. The van der Waals surface area contributed by atoms with Gasteiger partial charge in [-0.3, -0.25) is 9.48 Å². The summed E-state index contributed by atoms with van der Waals surface area (Å²) >= 11 is 0. The average molecular weight is 276 g/mol. The average Bonchev–Trinajstić information content (AvgIpc) is 2.78. The van der Waals surface area contributed by atoms with Gasteiger partial charge in [-0.05, 0) is 31.5 Å². The fourth-order valence-corrected chi connectivity index (χ4v) is 1.77. The predicted octanol–water partition coefficient (Wildman–Crippen LogP) is 2.31. The number of rotatable bonds is 4. The predicted molar refractivity (Wildman–Crippen MR) is 76.1 cm³/mol. The van der Waals surface area contributed by atoms with Gasteiger partial charge in [0, 0.05) is 13.2 Å². The minimum absolute atomic E-state index is 0.181. The largest absolute Gasteiger partial charge is 0.371 e. The molecule has 106 valence electrons. The smallest absolute Gasteiger partial charge is 0.246 e. The Morgan fingerprint density at radius 2 is 2.20 bits per heavy atom. The maximum absolute atomic E-state index is 13.7. The van der Waals surface area contributed by atoms with E-state index in [9.17, 15) is 9.18 Å². The molecule has 0 radical (unpaired) electrons. The van der Waals surface area contributed by atoms with Crippen LogP contribution >= 0.6 is 0 Å². The van der Waals surface area contributed by atoms with Crippen molar-refractivity contribution in [3.63, 3.8) is 0 Å². The minimum atomic E-state index is -0.500. The van der Waals surface area contributed by atoms with Crippen LogP contribution in [0.25, 0.3) is 0 Å². The second-order valence-electron chi connectivity index (χ2n) is 4.74. The van der Waals surface area contributed by atoms with E-state index in [-0.39, 0.29) is 11.6 Å². The molecule has 2 N–H and O–H groups in total. The van der Waals surface area contributed by atoms with E-state index in [1.807, 2.05) is 0 Å². The van der Waals surface area contributed by atoms with E-state index in [2.05, 4.69) is 15.7 Å². The van der Waals surface area contributed by atoms with Gasteiger partial charge in [0.15, 0.2) is 0 Å². The van der Waals surface area contributed by atoms with Crippen molar-refractivity contribution in [2.45, 2.75) is 19.9 Å². The van der Waals surface area contributed by atoms with Crippen molar-refractivity contribution in [2.24, 2.45) is 7.05 Å². The van der Waals surface area contributed by atoms with Gasteiger partial charge in [-0.25, -0.2) is 4.39 Å². The Hall–Kier alpha value is -2.37. The fourth-order valence-electron chi connectivity index (χ4n) is 1.77. The van der Waals surface area contributed by atoms with Crippen molar-refractivity contribution in [1.29, 1.82) is 0 Å². The van der Waals surface area contributed by atoms with Crippen LogP contribution in [0.5, 0.6) is 0 Å². The lowest BCUT2D eigenvalue weighted by atomic mass is 10.2. The lowest BCUT2D eigenvalue weighted by molar-refractivity contribution is -0.116. The van der Waals surface area contributed by atoms with Crippen molar-refractivity contribution in [1.82, 2.24) is 9.78 Å². The maximum atomic E-state index is 13.7. The number of nitrogens with zero attached hydrogens (tertiary/aromatic N) is 2. The summed E-state index contributed by atoms with van der Waals surface area (Å²) < 4.78 is 15.3. The first-order chi connectivity index (χ1) is 9.45. The van der Waals surface area contributed by atoms with Crippen LogP contribution in [0.15, 0.2) is 30.6 Å². The van der Waals surface area contributed by atoms with Gasteiger partial charge in [0.25, 0.3) is 0 Å². The molecule has 1 amide bonds. The molecular weight excluding hydrogens is 259 g/mol. The van der Waals surface area contributed by atoms with E-state index in [0.717, 1.165) is 11.3 Å². The van der Waals surface area contributed by atoms with Gasteiger partial charge in [0.05, 0.1) is 17.6 Å². The Morgan fingerprint density at radius 1 is 1.45 bits per heavy atom. The molecule has 0 unspecified atom stereocenters. The number of nitrogens with one attached hydrogen (secondary N) is 2. The van der Waals surface area contributed by atoms with Crippen LogP contribution in [0.2, 0.25) is 0 Å². The Balaban J connectivity index is 2.00. The highest BCUT2D eigenvalue weighted by Crippen LogP contribution is 2.16. The van der Waals surface area contributed by atoms with Crippen molar-refractivity contribution >= 4 is 17.3 Å². The summed E-state index contributed by atoms with van der Waals surface area (Å²) in [6.45, 7) is 3.50. The van der Waals surface area contributed by atoms with Crippen molar-refractivity contribution in [3.8, 4) is 0 Å². The summed E-state index contributed by atoms with van der Waals surface area (Å²) in [5.74, 6) is -0.747. The lowest BCUT2D eigenvalue weighted by Gasteiger charge is -2.14. The summed E-state index contributed by atoms with van der Waals surface area (Å²) in [5, 5.41) is 9.56. The van der Waals surface area contributed by atoms with E-state index in [0.29, 0.717) is 0 Å². The molecule has 6 heteroatoms. The molecule has 0 fully saturated rings. The molecule has 0 aliphatic rings. The third-order valence-corrected chi connectivity index (χ3v) is 2.86. The number of hydrogen-bond acceptors (Lipinski definition) is 3. The Bertz CT molecular complexity index is 623. The van der Waals surface area contributed by atoms with Crippen LogP contribution in [0.3, 0.4) is 0 Å². The van der Waals surface area contributed by atoms with Gasteiger partial charge in [0.2, 0.25) is 5.91 Å². The zero-order valence-corrected chi connectivity index (χ0v) is 11.6. The van der Waals surface area contributed by atoms with Crippen molar-refractivity contribution < 1.29 is 9.18 Å². The van der Waals surface area contributed by atoms with Crippen LogP contribution < -0.4 is 10.6 Å². The summed E-state index contributed by atoms with van der Waals surface area (Å²) in [6.07, 6.45) is 3.38. The number of aromatic nitrogens is 2. The van der Waals surface area contributed by atoms with Crippen LogP contribution in [-0.2, 0) is 11.8 Å². The number of halogens is 1. The second kappa shape index (κ2) is 5.73. The molecule has 20 heavy (non-hydrogen) atoms. The molecule has 2 aromatic rings. The van der Waals surface area contributed by atoms with Gasteiger partial charge in [0.1, 0.15) is 11.9 Å². The highest BCUT2D eigenvalue weighted by Gasteiger charge is 2.15. The summed E-state index contributed by atoms with van der Waals surface area (Å²) in [7, 11) is 1.79. The third-order valence-electron chi connectivity index (χ3n) is 2.86. The molecule has 1 heterocycles. The molecular formula is C14H17FN4O. The van der Waals surface area contributed by atoms with Crippen LogP contribution in [-0.4, -0.2) is 21.7 Å². The molecule has 2 rings (SSSR count). The SMILES string of the molecule is Cc1ccc(NC(=O)[C@@H](C)Nc2cnn(C)c2)c(F)c1. The molecule has 1 aromatic carbocycles. The first-order valence-electron chi connectivity index (χ1n) is 6.28. The van der Waals surface area contributed by atoms with Crippen LogP contribution in [0.4, 0.5) is 15.8 Å². The summed E-state index contributed by atoms with van der Waals surface area (Å²) in [5.41, 5.74) is 1.72. The van der Waals surface area contributed by atoms with E-state index in [4.69, 9.17) is 0 Å². The number of benzene rings is 1. The number of carbonyl (C=O) groups excluding carboxylic acids is 1. The zero-order chi connectivity index (χ0) is 14.7. The topological polar surface area (TPSA) is 59.0 Å². The van der Waals surface area contributed by atoms with E-state index in [1.165, 1.54) is 6.07 Å². The first-order valence-corrected chi connectivity index (χ1v) is 6.28. The highest BCUT2D eigenvalue weighted by atomic mass is 19.1. The standard InChI is InChI=1S/C14H17FN4O/c1-9-4-5-13(12(15)6-9)18-14(20)10(2)17-11-7-16-19(3)8-11/h4-8,10,17H,1-3H3,(H,18,20)/t10-/m1/s1. The molecule has 0 aliphatic heterocycles. The van der Waals surface area contributed by atoms with E-state index in [1.54, 1.807) is 50.1 Å². The normalized spacial score (nSPS) is 12.0. The van der Waals surface area contributed by atoms with Gasteiger partial charge in [-0.1, -0.05) is 6.07 Å². The summed E-state index contributed by atoms with van der Waals surface area (Å²) in [4.78, 5) is 12.0. The van der Waals surface area contributed by atoms with E-state index >= 15 is 0 Å². The van der Waals surface area contributed by atoms with Gasteiger partial charge in [-0.2, -0.15) is 5.10 Å². The fraction of sp³-hybridized carbons (Fsp3) is 0.286. The molecule has 0 saturated heterocycles. The second-order valence-corrected chi connectivity index (χ2v) is 4.74. The molecule has 5 nitrogen and oxygen atoms in total. The Kier molecular flexibility index (Phi) is 4.02. The molecule has 1 aromatic heterocycles. The monoisotopic (exact) mass is 276 g/mol. The Morgan fingerprint density at radius 3 is 2.80 bits per heavy atom. The molecule has 0 bridgehead atoms. The van der Waals surface area contributed by atoms with Gasteiger partial charge < -0.3 is 10.6 Å². The van der Waals surface area contributed by atoms with Crippen molar-refractivity contribution in [3.05, 3.63) is 42.0 Å². The van der Waals surface area contributed by atoms with E-state index < -0.39 is 11.9 Å². The minimum Gasteiger partial charge on any atom is -0.371 e. The van der Waals surface area contributed by atoms with Crippen LogP contribution in [0, 0.1) is 12.7 Å². The quantitative estimate of drug-likeness (QED) is 0.901. The maximum Gasteiger partial charge on any atom is 0.246 e. The molecule has 0 aliphatic carbocycles. The molecule has 1 atom stereocenters. The first kappa shape index (κ1) is 14.0. The van der Waals surface area contributed by atoms with Crippen LogP contribution in [0.1, 0.15) is 12.5 Å². The Labute approximate surface area is 116 Å². The number of anilines is 2. The number of amides is 1. The van der Waals surface area contributed by atoms with Crippen molar-refractivity contribution in [2.75, 3.05) is 10.6 Å².